The van der Waals surface area contributed by atoms with Gasteiger partial charge in [-0.2, -0.15) is 0 Å². The standard InChI is InChI=1S/C15H22FNO2/c1-10-6-15(13(11(2)18)7-14(10)16)17-5-4-12(8-17)9-19-3/h6-7,11-12,18H,4-5,8-9H2,1-3H3/t11-,12?/m1/s1. The predicted molar refractivity (Wildman–Crippen MR) is 74.0 cm³/mol. The van der Waals surface area contributed by atoms with Gasteiger partial charge in [0.05, 0.1) is 12.7 Å². The molecule has 0 spiro atoms. The van der Waals surface area contributed by atoms with Gasteiger partial charge in [0.15, 0.2) is 0 Å². The monoisotopic (exact) mass is 267 g/mol. The molecule has 2 atom stereocenters. The molecule has 19 heavy (non-hydrogen) atoms. The number of nitrogens with zero attached hydrogens (tertiary/aromatic N) is 1. The van der Waals surface area contributed by atoms with E-state index in [4.69, 9.17) is 4.74 Å². The Hall–Kier alpha value is -1.13. The molecule has 1 aliphatic rings. The number of halogens is 1. The van der Waals surface area contributed by atoms with Gasteiger partial charge in [-0.1, -0.05) is 0 Å². The van der Waals surface area contributed by atoms with E-state index in [-0.39, 0.29) is 5.82 Å². The zero-order valence-corrected chi connectivity index (χ0v) is 11.8. The minimum Gasteiger partial charge on any atom is -0.389 e. The SMILES string of the molecule is COCC1CCN(c2cc(C)c(F)cc2[C@@H](C)O)C1. The number of aryl methyl sites for hydroxylation is 1. The molecule has 1 heterocycles. The lowest BCUT2D eigenvalue weighted by atomic mass is 10.0. The molecule has 4 heteroatoms. The van der Waals surface area contributed by atoms with E-state index in [1.54, 1.807) is 21.0 Å². The lowest BCUT2D eigenvalue weighted by Crippen LogP contribution is -2.23. The highest BCUT2D eigenvalue weighted by atomic mass is 19.1. The Morgan fingerprint density at radius 2 is 2.26 bits per heavy atom. The summed E-state index contributed by atoms with van der Waals surface area (Å²) in [5, 5.41) is 9.83. The molecule has 0 saturated carbocycles. The third-order valence-corrected chi connectivity index (χ3v) is 3.79. The third-order valence-electron chi connectivity index (χ3n) is 3.79. The van der Waals surface area contributed by atoms with E-state index in [2.05, 4.69) is 4.90 Å². The first-order valence-corrected chi connectivity index (χ1v) is 6.75. The van der Waals surface area contributed by atoms with E-state index in [1.807, 2.05) is 6.07 Å². The first-order valence-electron chi connectivity index (χ1n) is 6.75. The van der Waals surface area contributed by atoms with Crippen LogP contribution in [-0.2, 0) is 4.74 Å². The number of anilines is 1. The summed E-state index contributed by atoms with van der Waals surface area (Å²) in [7, 11) is 1.71. The topological polar surface area (TPSA) is 32.7 Å². The van der Waals surface area contributed by atoms with Crippen molar-refractivity contribution in [3.05, 3.63) is 29.1 Å². The Bertz CT molecular complexity index is 448. The third kappa shape index (κ3) is 3.07. The Morgan fingerprint density at radius 1 is 1.53 bits per heavy atom. The molecule has 1 aliphatic heterocycles. The van der Waals surface area contributed by atoms with E-state index in [1.165, 1.54) is 6.07 Å². The first kappa shape index (κ1) is 14.3. The zero-order valence-electron chi connectivity index (χ0n) is 11.8. The van der Waals surface area contributed by atoms with E-state index in [9.17, 15) is 9.50 Å². The largest absolute Gasteiger partial charge is 0.389 e. The number of hydrogen-bond acceptors (Lipinski definition) is 3. The van der Waals surface area contributed by atoms with Crippen LogP contribution in [0.2, 0.25) is 0 Å². The van der Waals surface area contributed by atoms with Crippen LogP contribution in [0, 0.1) is 18.7 Å². The summed E-state index contributed by atoms with van der Waals surface area (Å²) >= 11 is 0. The average molecular weight is 267 g/mol. The highest BCUT2D eigenvalue weighted by Crippen LogP contribution is 2.32. The molecule has 2 rings (SSSR count). The van der Waals surface area contributed by atoms with Crippen LogP contribution in [0.5, 0.6) is 0 Å². The van der Waals surface area contributed by atoms with Gasteiger partial charge < -0.3 is 14.7 Å². The second kappa shape index (κ2) is 5.88. The normalized spacial score (nSPS) is 20.9. The molecule has 0 radical (unpaired) electrons. The number of methoxy groups -OCH3 is 1. The number of aliphatic hydroxyl groups excluding tert-OH is 1. The van der Waals surface area contributed by atoms with Crippen molar-refractivity contribution < 1.29 is 14.2 Å². The van der Waals surface area contributed by atoms with E-state index >= 15 is 0 Å². The van der Waals surface area contributed by atoms with Crippen molar-refractivity contribution in [3.8, 4) is 0 Å². The van der Waals surface area contributed by atoms with Crippen LogP contribution in [0.1, 0.15) is 30.6 Å². The number of benzene rings is 1. The van der Waals surface area contributed by atoms with Crippen LogP contribution < -0.4 is 4.90 Å². The maximum Gasteiger partial charge on any atom is 0.126 e. The molecule has 0 amide bonds. The summed E-state index contributed by atoms with van der Waals surface area (Å²) in [5.41, 5.74) is 2.24. The number of hydrogen-bond donors (Lipinski definition) is 1. The lowest BCUT2D eigenvalue weighted by Gasteiger charge is -2.24. The maximum absolute atomic E-state index is 13.7. The Labute approximate surface area is 114 Å². The van der Waals surface area contributed by atoms with Crippen LogP contribution in [0.15, 0.2) is 12.1 Å². The molecule has 106 valence electrons. The minimum absolute atomic E-state index is 0.257. The van der Waals surface area contributed by atoms with Gasteiger partial charge in [0.1, 0.15) is 5.82 Å². The number of aliphatic hydroxyl groups is 1. The van der Waals surface area contributed by atoms with Crippen molar-refractivity contribution in [2.45, 2.75) is 26.4 Å². The summed E-state index contributed by atoms with van der Waals surface area (Å²) in [6.45, 7) is 6.02. The van der Waals surface area contributed by atoms with Crippen molar-refractivity contribution >= 4 is 5.69 Å². The summed E-state index contributed by atoms with van der Waals surface area (Å²) in [5.74, 6) is 0.254. The quantitative estimate of drug-likeness (QED) is 0.910. The minimum atomic E-state index is -0.661. The molecule has 1 unspecified atom stereocenters. The van der Waals surface area contributed by atoms with Crippen molar-refractivity contribution in [3.63, 3.8) is 0 Å². The fourth-order valence-electron chi connectivity index (χ4n) is 2.71. The molecule has 0 bridgehead atoms. The molecule has 0 aliphatic carbocycles. The van der Waals surface area contributed by atoms with Crippen molar-refractivity contribution in [1.82, 2.24) is 0 Å². The molecule has 0 aromatic heterocycles. The molecule has 1 fully saturated rings. The number of rotatable bonds is 4. The smallest absolute Gasteiger partial charge is 0.126 e. The van der Waals surface area contributed by atoms with Crippen LogP contribution >= 0.6 is 0 Å². The highest BCUT2D eigenvalue weighted by molar-refractivity contribution is 5.57. The summed E-state index contributed by atoms with van der Waals surface area (Å²) in [6, 6.07) is 3.30. The second-order valence-corrected chi connectivity index (χ2v) is 5.39. The first-order chi connectivity index (χ1) is 9.02. The summed E-state index contributed by atoms with van der Waals surface area (Å²) in [6.07, 6.45) is 0.412. The second-order valence-electron chi connectivity index (χ2n) is 5.39. The van der Waals surface area contributed by atoms with Gasteiger partial charge in [-0.15, -0.1) is 0 Å². The summed E-state index contributed by atoms with van der Waals surface area (Å²) in [4.78, 5) is 2.22. The van der Waals surface area contributed by atoms with Crippen molar-refractivity contribution in [1.29, 1.82) is 0 Å². The molecule has 1 aromatic carbocycles. The molecule has 1 saturated heterocycles. The van der Waals surface area contributed by atoms with Crippen LogP contribution in [-0.4, -0.2) is 31.9 Å². The molecular weight excluding hydrogens is 245 g/mol. The maximum atomic E-state index is 13.7. The fraction of sp³-hybridized carbons (Fsp3) is 0.600. The van der Waals surface area contributed by atoms with Gasteiger partial charge in [0, 0.05) is 37.4 Å². The van der Waals surface area contributed by atoms with Crippen LogP contribution in [0.4, 0.5) is 10.1 Å². The Morgan fingerprint density at radius 3 is 2.89 bits per heavy atom. The van der Waals surface area contributed by atoms with Gasteiger partial charge in [0.2, 0.25) is 0 Å². The van der Waals surface area contributed by atoms with Crippen LogP contribution in [0.3, 0.4) is 0 Å². The molecule has 3 nitrogen and oxygen atoms in total. The molecule has 1 aromatic rings. The van der Waals surface area contributed by atoms with Crippen molar-refractivity contribution in [2.75, 3.05) is 31.7 Å². The van der Waals surface area contributed by atoms with Crippen LogP contribution in [0.25, 0.3) is 0 Å². The van der Waals surface area contributed by atoms with Gasteiger partial charge >= 0.3 is 0 Å². The van der Waals surface area contributed by atoms with Crippen molar-refractivity contribution in [2.24, 2.45) is 5.92 Å². The van der Waals surface area contributed by atoms with Gasteiger partial charge in [-0.25, -0.2) is 4.39 Å². The average Bonchev–Trinajstić information content (AvgIpc) is 2.81. The molecular formula is C15H22FNO2. The number of ether oxygens (including phenoxy) is 1. The lowest BCUT2D eigenvalue weighted by molar-refractivity contribution is 0.161. The van der Waals surface area contributed by atoms with Gasteiger partial charge in [-0.05, 0) is 38.0 Å². The highest BCUT2D eigenvalue weighted by Gasteiger charge is 2.25. The Kier molecular flexibility index (Phi) is 4.42. The van der Waals surface area contributed by atoms with E-state index < -0.39 is 6.10 Å². The van der Waals surface area contributed by atoms with Gasteiger partial charge in [0.25, 0.3) is 0 Å². The van der Waals surface area contributed by atoms with Gasteiger partial charge in [-0.3, -0.25) is 0 Å². The molecule has 1 N–H and O–H groups in total. The Balaban J connectivity index is 2.26. The van der Waals surface area contributed by atoms with E-state index in [0.29, 0.717) is 17.0 Å². The van der Waals surface area contributed by atoms with E-state index in [0.717, 1.165) is 31.8 Å². The predicted octanol–water partition coefficient (Wildman–Crippen LogP) is 2.66. The zero-order chi connectivity index (χ0) is 14.0. The fourth-order valence-corrected chi connectivity index (χ4v) is 2.71. The summed E-state index contributed by atoms with van der Waals surface area (Å²) < 4.78 is 18.8.